The second-order valence-electron chi connectivity index (χ2n) is 5.16. The third-order valence-electron chi connectivity index (χ3n) is 3.54. The van der Waals surface area contributed by atoms with Gasteiger partial charge < -0.3 is 9.84 Å². The fraction of sp³-hybridized carbons (Fsp3) is 0.0588. The highest BCUT2D eigenvalue weighted by molar-refractivity contribution is 9.10. The van der Waals surface area contributed by atoms with Crippen LogP contribution in [0.15, 0.2) is 39.7 Å². The first-order chi connectivity index (χ1) is 12.3. The zero-order chi connectivity index (χ0) is 19.0. The minimum atomic E-state index is -0.573. The van der Waals surface area contributed by atoms with Gasteiger partial charge in [-0.25, -0.2) is 4.39 Å². The molecule has 2 aromatic rings. The molecule has 26 heavy (non-hydrogen) atoms. The van der Waals surface area contributed by atoms with Crippen LogP contribution in [0.25, 0.3) is 6.08 Å². The molecular formula is C17H10BrClFNO3S2. The number of aromatic hydroxyl groups is 1. The maximum Gasteiger partial charge on any atom is 0.270 e. The van der Waals surface area contributed by atoms with Crippen LogP contribution in [-0.2, 0) is 4.79 Å². The molecular weight excluding hydrogens is 465 g/mol. The van der Waals surface area contributed by atoms with Crippen LogP contribution in [0.1, 0.15) is 5.56 Å². The van der Waals surface area contributed by atoms with Gasteiger partial charge in [-0.05, 0) is 42.0 Å². The lowest BCUT2D eigenvalue weighted by Crippen LogP contribution is -2.27. The number of phenolic OH excluding ortho intramolecular Hbond substituents is 1. The molecule has 0 aliphatic carbocycles. The van der Waals surface area contributed by atoms with Gasteiger partial charge in [-0.2, -0.15) is 0 Å². The van der Waals surface area contributed by atoms with Gasteiger partial charge in [0.1, 0.15) is 5.82 Å². The number of carbonyl (C=O) groups excluding carboxylic acids is 1. The molecule has 1 fully saturated rings. The molecule has 1 N–H and O–H groups in total. The van der Waals surface area contributed by atoms with Gasteiger partial charge in [0.25, 0.3) is 5.91 Å². The van der Waals surface area contributed by atoms with E-state index in [9.17, 15) is 14.3 Å². The predicted octanol–water partition coefficient (Wildman–Crippen LogP) is 5.36. The van der Waals surface area contributed by atoms with E-state index in [1.54, 1.807) is 12.1 Å². The molecule has 4 nitrogen and oxygen atoms in total. The van der Waals surface area contributed by atoms with Crippen molar-refractivity contribution in [2.24, 2.45) is 0 Å². The minimum absolute atomic E-state index is 0.0231. The van der Waals surface area contributed by atoms with Gasteiger partial charge in [-0.15, -0.1) is 0 Å². The molecule has 1 saturated heterocycles. The lowest BCUT2D eigenvalue weighted by molar-refractivity contribution is -0.113. The van der Waals surface area contributed by atoms with Crippen LogP contribution in [0.4, 0.5) is 10.1 Å². The molecule has 0 spiro atoms. The van der Waals surface area contributed by atoms with Gasteiger partial charge in [-0.1, -0.05) is 51.5 Å². The van der Waals surface area contributed by atoms with Crippen molar-refractivity contribution >= 4 is 73.5 Å². The average Bonchev–Trinajstić information content (AvgIpc) is 2.86. The third-order valence-corrected chi connectivity index (χ3v) is 5.82. The van der Waals surface area contributed by atoms with Crippen molar-refractivity contribution in [3.05, 3.63) is 56.1 Å². The zero-order valence-electron chi connectivity index (χ0n) is 13.1. The highest BCUT2D eigenvalue weighted by atomic mass is 79.9. The fourth-order valence-corrected chi connectivity index (χ4v) is 4.20. The molecule has 0 aromatic heterocycles. The molecule has 1 aliphatic heterocycles. The first kappa shape index (κ1) is 19.2. The fourth-order valence-electron chi connectivity index (χ4n) is 2.29. The summed E-state index contributed by atoms with van der Waals surface area (Å²) in [6.07, 6.45) is 1.64. The van der Waals surface area contributed by atoms with Crippen molar-refractivity contribution in [1.82, 2.24) is 0 Å². The minimum Gasteiger partial charge on any atom is -0.504 e. The molecule has 0 unspecified atom stereocenters. The maximum atomic E-state index is 13.4. The van der Waals surface area contributed by atoms with Gasteiger partial charge >= 0.3 is 0 Å². The molecule has 1 aliphatic rings. The summed E-state index contributed by atoms with van der Waals surface area (Å²) in [6.45, 7) is 0. The van der Waals surface area contributed by atoms with Gasteiger partial charge in [0, 0.05) is 4.47 Å². The average molecular weight is 475 g/mol. The van der Waals surface area contributed by atoms with E-state index < -0.39 is 5.82 Å². The number of hydrogen-bond acceptors (Lipinski definition) is 5. The van der Waals surface area contributed by atoms with Gasteiger partial charge in [0.05, 0.1) is 22.7 Å². The van der Waals surface area contributed by atoms with Gasteiger partial charge in [0.15, 0.2) is 15.8 Å². The van der Waals surface area contributed by atoms with Crippen molar-refractivity contribution in [2.45, 2.75) is 0 Å². The van der Waals surface area contributed by atoms with Crippen LogP contribution in [0, 0.1) is 5.82 Å². The van der Waals surface area contributed by atoms with E-state index >= 15 is 0 Å². The van der Waals surface area contributed by atoms with E-state index in [0.717, 1.165) is 11.8 Å². The Balaban J connectivity index is 1.98. The molecule has 9 heteroatoms. The quantitative estimate of drug-likeness (QED) is 0.479. The first-order valence-electron chi connectivity index (χ1n) is 7.11. The number of benzene rings is 2. The Kier molecular flexibility index (Phi) is 5.57. The summed E-state index contributed by atoms with van der Waals surface area (Å²) in [4.78, 5) is 14.4. The summed E-state index contributed by atoms with van der Waals surface area (Å²) in [5.41, 5.74) is 1.03. The second kappa shape index (κ2) is 7.56. The highest BCUT2D eigenvalue weighted by Gasteiger charge is 2.33. The van der Waals surface area contributed by atoms with Crippen molar-refractivity contribution in [3.63, 3.8) is 0 Å². The van der Waals surface area contributed by atoms with E-state index in [2.05, 4.69) is 15.9 Å². The van der Waals surface area contributed by atoms with Crippen LogP contribution in [-0.4, -0.2) is 22.4 Å². The number of halogens is 3. The molecule has 0 radical (unpaired) electrons. The first-order valence-corrected chi connectivity index (χ1v) is 9.51. The highest BCUT2D eigenvalue weighted by Crippen LogP contribution is 2.39. The summed E-state index contributed by atoms with van der Waals surface area (Å²) in [5.74, 6) is -0.664. The summed E-state index contributed by atoms with van der Waals surface area (Å²) >= 11 is 15.5. The van der Waals surface area contributed by atoms with Crippen LogP contribution in [0.5, 0.6) is 11.5 Å². The lowest BCUT2D eigenvalue weighted by atomic mass is 10.2. The van der Waals surface area contributed by atoms with Gasteiger partial charge in [0.2, 0.25) is 0 Å². The Morgan fingerprint density at radius 1 is 1.38 bits per heavy atom. The van der Waals surface area contributed by atoms with E-state index in [-0.39, 0.29) is 22.4 Å². The summed E-state index contributed by atoms with van der Waals surface area (Å²) in [5, 5.41) is 9.70. The number of ether oxygens (including phenoxy) is 1. The van der Waals surface area contributed by atoms with Crippen LogP contribution < -0.4 is 9.64 Å². The van der Waals surface area contributed by atoms with Crippen molar-refractivity contribution in [3.8, 4) is 11.5 Å². The topological polar surface area (TPSA) is 49.8 Å². The monoisotopic (exact) mass is 473 g/mol. The molecule has 2 aromatic carbocycles. The number of rotatable bonds is 3. The normalized spacial score (nSPS) is 15.8. The van der Waals surface area contributed by atoms with Crippen molar-refractivity contribution in [1.29, 1.82) is 0 Å². The Hall–Kier alpha value is -1.61. The van der Waals surface area contributed by atoms with Crippen LogP contribution >= 0.6 is 51.5 Å². The molecule has 1 amide bonds. The number of thioether (sulfide) groups is 1. The summed E-state index contributed by atoms with van der Waals surface area (Å²) in [6, 6.07) is 7.05. The third kappa shape index (κ3) is 3.59. The Morgan fingerprint density at radius 2 is 2.12 bits per heavy atom. The Morgan fingerprint density at radius 3 is 2.77 bits per heavy atom. The van der Waals surface area contributed by atoms with Crippen molar-refractivity contribution < 1.29 is 19.0 Å². The number of methoxy groups -OCH3 is 1. The molecule has 1 heterocycles. The maximum absolute atomic E-state index is 13.4. The van der Waals surface area contributed by atoms with E-state index in [4.69, 9.17) is 28.6 Å². The molecule has 3 rings (SSSR count). The molecule has 134 valence electrons. The van der Waals surface area contributed by atoms with E-state index in [1.807, 2.05) is 0 Å². The van der Waals surface area contributed by atoms with Crippen molar-refractivity contribution in [2.75, 3.05) is 12.0 Å². The number of carbonyl (C=O) groups is 1. The zero-order valence-corrected chi connectivity index (χ0v) is 17.1. The second-order valence-corrected chi connectivity index (χ2v) is 8.10. The SMILES string of the molecule is COc1cc(C=C2SC(=S)N(c3ccc(F)c(Cl)c3)C2=O)c(Br)cc1O. The number of nitrogens with zero attached hydrogens (tertiary/aromatic N) is 1. The largest absolute Gasteiger partial charge is 0.504 e. The summed E-state index contributed by atoms with van der Waals surface area (Å²) in [7, 11) is 1.44. The van der Waals surface area contributed by atoms with Crippen LogP contribution in [0.2, 0.25) is 5.02 Å². The number of hydrogen-bond donors (Lipinski definition) is 1. The number of anilines is 1. The predicted molar refractivity (Wildman–Crippen MR) is 109 cm³/mol. The standard InChI is InChI=1S/C17H10BrClFNO3S2/c1-24-14-4-8(10(18)7-13(14)22)5-15-16(23)21(17(25)26-15)9-2-3-12(20)11(19)6-9/h2-7,22H,1H3. The van der Waals surface area contributed by atoms with E-state index in [0.29, 0.717) is 24.9 Å². The molecule has 0 saturated carbocycles. The molecule has 0 atom stereocenters. The van der Waals surface area contributed by atoms with E-state index in [1.165, 1.54) is 36.3 Å². The number of amides is 1. The number of thiocarbonyl (C=S) groups is 1. The Bertz CT molecular complexity index is 967. The Labute approximate surface area is 171 Å². The summed E-state index contributed by atoms with van der Waals surface area (Å²) < 4.78 is 19.4. The lowest BCUT2D eigenvalue weighted by Gasteiger charge is -2.14. The van der Waals surface area contributed by atoms with Crippen LogP contribution in [0.3, 0.4) is 0 Å². The smallest absolute Gasteiger partial charge is 0.270 e. The number of phenols is 1. The molecule has 0 bridgehead atoms. The van der Waals surface area contributed by atoms with Gasteiger partial charge in [-0.3, -0.25) is 9.69 Å².